The van der Waals surface area contributed by atoms with Crippen LogP contribution in [0.3, 0.4) is 0 Å². The molecule has 0 aromatic heterocycles. The summed E-state index contributed by atoms with van der Waals surface area (Å²) in [5.41, 5.74) is 2.88. The highest BCUT2D eigenvalue weighted by Crippen LogP contribution is 2.43. The van der Waals surface area contributed by atoms with Gasteiger partial charge in [-0.2, -0.15) is 0 Å². The maximum absolute atomic E-state index is 14.4. The minimum Gasteiger partial charge on any atom is -0.508 e. The highest BCUT2D eigenvalue weighted by Gasteiger charge is 2.46. The molecule has 0 radical (unpaired) electrons. The van der Waals surface area contributed by atoms with E-state index in [2.05, 4.69) is 17.9 Å². The molecular formula is C42H42O9. The van der Waals surface area contributed by atoms with Gasteiger partial charge in [-0.05, 0) is 97.4 Å². The highest BCUT2D eigenvalue weighted by atomic mass is 16.6. The van der Waals surface area contributed by atoms with Crippen molar-refractivity contribution in [1.82, 2.24) is 0 Å². The Balaban J connectivity index is 1.40. The molecule has 3 aromatic rings. The number of fused-ring (bicyclic) bond motifs is 8. The molecule has 8 bridgehead atoms. The van der Waals surface area contributed by atoms with E-state index in [1.807, 2.05) is 24.3 Å². The van der Waals surface area contributed by atoms with Crippen LogP contribution in [-0.2, 0) is 45.0 Å². The van der Waals surface area contributed by atoms with Crippen molar-refractivity contribution in [2.45, 2.75) is 94.9 Å². The number of aromatic hydroxyl groups is 2. The van der Waals surface area contributed by atoms with Crippen LogP contribution in [0, 0.1) is 23.7 Å². The molecule has 4 aliphatic rings. The lowest BCUT2D eigenvalue weighted by Gasteiger charge is -2.42. The average Bonchev–Trinajstić information content (AvgIpc) is 3.10. The number of phenolic OH excluding ortho intramolecular Hbond substituents is 2. The largest absolute Gasteiger partial charge is 0.508 e. The van der Waals surface area contributed by atoms with Gasteiger partial charge in [0.25, 0.3) is 0 Å². The molecule has 6 atom stereocenters. The molecule has 1 aliphatic carbocycles. The maximum Gasteiger partial charge on any atom is 0.334 e. The SMILES string of the molecule is C[C@]1(O)[C@H]2CCC(=O)[C@@H](Cc3cccc(c3)CCC=C3C[C@@H](c4cc(O)cc(CO)c4)C#C[C@H]4CC(=O)Oc5cc(O)c(cc54)C[C@H]1OC3=O)C2. The number of aliphatic hydroxyl groups excluding tert-OH is 1. The predicted octanol–water partition coefficient (Wildman–Crippen LogP) is 5.48. The number of hydrogen-bond acceptors (Lipinski definition) is 9. The summed E-state index contributed by atoms with van der Waals surface area (Å²) in [5.74, 6) is 3.56. The van der Waals surface area contributed by atoms with Crippen LogP contribution in [0.15, 0.2) is 66.2 Å². The smallest absolute Gasteiger partial charge is 0.334 e. The fourth-order valence-corrected chi connectivity index (χ4v) is 8.13. The van der Waals surface area contributed by atoms with E-state index < -0.39 is 35.5 Å². The van der Waals surface area contributed by atoms with Gasteiger partial charge in [-0.25, -0.2) is 4.79 Å². The summed E-state index contributed by atoms with van der Waals surface area (Å²) in [5, 5.41) is 44.2. The van der Waals surface area contributed by atoms with E-state index in [1.165, 1.54) is 12.1 Å². The molecule has 9 nitrogen and oxygen atoms in total. The van der Waals surface area contributed by atoms with Crippen molar-refractivity contribution in [2.75, 3.05) is 0 Å². The van der Waals surface area contributed by atoms with Gasteiger partial charge in [0.2, 0.25) is 0 Å². The summed E-state index contributed by atoms with van der Waals surface area (Å²) in [7, 11) is 0. The Labute approximate surface area is 296 Å². The topological polar surface area (TPSA) is 151 Å². The molecule has 1 saturated carbocycles. The Morgan fingerprint density at radius 1 is 0.902 bits per heavy atom. The van der Waals surface area contributed by atoms with Crippen LogP contribution in [0.4, 0.5) is 0 Å². The first-order valence-electron chi connectivity index (χ1n) is 17.7. The minimum atomic E-state index is -1.59. The molecular weight excluding hydrogens is 648 g/mol. The normalized spacial score (nSPS) is 27.9. The number of Topliss-reactive ketones (excluding diaryl/α,β-unsaturated/α-hetero) is 1. The quantitative estimate of drug-likeness (QED) is 0.156. The number of rotatable bonds is 2. The number of phenols is 2. The zero-order valence-corrected chi connectivity index (χ0v) is 28.6. The minimum absolute atomic E-state index is 0.0330. The molecule has 0 spiro atoms. The first-order valence-corrected chi connectivity index (χ1v) is 17.7. The first kappa shape index (κ1) is 34.5. The van der Waals surface area contributed by atoms with Gasteiger partial charge in [0.1, 0.15) is 34.7 Å². The summed E-state index contributed by atoms with van der Waals surface area (Å²) in [6.45, 7) is 1.33. The van der Waals surface area contributed by atoms with Gasteiger partial charge in [-0.15, -0.1) is 0 Å². The van der Waals surface area contributed by atoms with E-state index in [1.54, 1.807) is 25.1 Å². The lowest BCUT2D eigenvalue weighted by molar-refractivity contribution is -0.170. The molecule has 1 fully saturated rings. The van der Waals surface area contributed by atoms with Gasteiger partial charge in [0.05, 0.1) is 18.9 Å². The van der Waals surface area contributed by atoms with Crippen LogP contribution in [0.2, 0.25) is 0 Å². The molecule has 9 heteroatoms. The Hall–Kier alpha value is -4.91. The Bertz CT molecular complexity index is 1980. The summed E-state index contributed by atoms with van der Waals surface area (Å²) in [6.07, 6.45) is 3.53. The van der Waals surface area contributed by atoms with Crippen LogP contribution < -0.4 is 4.74 Å². The first-order chi connectivity index (χ1) is 24.5. The fraction of sp³-hybridized carbons (Fsp3) is 0.405. The molecule has 3 aromatic carbocycles. The summed E-state index contributed by atoms with van der Waals surface area (Å²) >= 11 is 0. The van der Waals surface area contributed by atoms with Crippen molar-refractivity contribution in [3.05, 3.63) is 99.6 Å². The van der Waals surface area contributed by atoms with Crippen LogP contribution in [0.1, 0.15) is 90.7 Å². The van der Waals surface area contributed by atoms with Gasteiger partial charge >= 0.3 is 11.9 Å². The zero-order valence-electron chi connectivity index (χ0n) is 28.6. The number of carbonyl (C=O) groups excluding carboxylic acids is 3. The lowest BCUT2D eigenvalue weighted by Crippen LogP contribution is -2.52. The van der Waals surface area contributed by atoms with E-state index in [9.17, 15) is 34.8 Å². The number of allylic oxidation sites excluding steroid dienone is 1. The summed E-state index contributed by atoms with van der Waals surface area (Å²) < 4.78 is 11.8. The van der Waals surface area contributed by atoms with Gasteiger partial charge < -0.3 is 29.9 Å². The monoisotopic (exact) mass is 690 g/mol. The Morgan fingerprint density at radius 2 is 1.71 bits per heavy atom. The number of ketones is 1. The van der Waals surface area contributed by atoms with Gasteiger partial charge in [-0.3, -0.25) is 9.59 Å². The molecule has 0 unspecified atom stereocenters. The molecule has 3 heterocycles. The van der Waals surface area contributed by atoms with E-state index in [4.69, 9.17) is 9.47 Å². The lowest BCUT2D eigenvalue weighted by atomic mass is 9.68. The van der Waals surface area contributed by atoms with Crippen LogP contribution >= 0.6 is 0 Å². The van der Waals surface area contributed by atoms with E-state index in [0.29, 0.717) is 66.4 Å². The molecule has 0 amide bonds. The molecule has 264 valence electrons. The van der Waals surface area contributed by atoms with Crippen molar-refractivity contribution < 1.29 is 44.3 Å². The highest BCUT2D eigenvalue weighted by molar-refractivity contribution is 5.89. The van der Waals surface area contributed by atoms with E-state index >= 15 is 0 Å². The number of esters is 2. The van der Waals surface area contributed by atoms with Crippen molar-refractivity contribution in [3.63, 3.8) is 0 Å². The molecule has 3 aliphatic heterocycles. The van der Waals surface area contributed by atoms with E-state index in [-0.39, 0.29) is 60.7 Å². The van der Waals surface area contributed by atoms with Gasteiger partial charge in [0, 0.05) is 41.9 Å². The van der Waals surface area contributed by atoms with Gasteiger partial charge in [0.15, 0.2) is 0 Å². The third-order valence-corrected chi connectivity index (χ3v) is 11.1. The summed E-state index contributed by atoms with van der Waals surface area (Å²) in [6, 6.07) is 15.9. The Kier molecular flexibility index (Phi) is 9.49. The number of aliphatic hydroxyl groups is 2. The second-order valence-corrected chi connectivity index (χ2v) is 14.6. The number of aryl methyl sites for hydroxylation is 1. The fourth-order valence-electron chi connectivity index (χ4n) is 8.13. The zero-order chi connectivity index (χ0) is 35.9. The van der Waals surface area contributed by atoms with E-state index in [0.717, 1.165) is 11.1 Å². The van der Waals surface area contributed by atoms with Crippen molar-refractivity contribution in [1.29, 1.82) is 0 Å². The number of hydrogen-bond donors (Lipinski definition) is 4. The summed E-state index contributed by atoms with van der Waals surface area (Å²) in [4.78, 5) is 40.3. The van der Waals surface area contributed by atoms with Crippen LogP contribution in [0.5, 0.6) is 17.2 Å². The van der Waals surface area contributed by atoms with Crippen LogP contribution in [-0.4, -0.2) is 49.9 Å². The van der Waals surface area contributed by atoms with Crippen LogP contribution in [0.25, 0.3) is 0 Å². The van der Waals surface area contributed by atoms with Crippen molar-refractivity contribution in [2.24, 2.45) is 11.8 Å². The third-order valence-electron chi connectivity index (χ3n) is 11.1. The average molecular weight is 691 g/mol. The number of ether oxygens (including phenoxy) is 2. The third kappa shape index (κ3) is 7.30. The standard InChI is InChI=1S/C42H42O9/c1-42(49)33-10-11-36(45)31(17-33)13-25-6-2-4-24(12-25)5-3-7-29-16-27(30-14-26(23-43)15-34(44)18-30)8-9-28-21-40(47)50-38-22-37(46)32(19-35(28)38)20-39(42)51-41(29)48/h2,4,6-7,12,14-15,18-19,22,27-28,31,33,39,43-44,46,49H,3,5,10-11,13,16-17,20-21,23H2,1H3/t27-,28-,31-,33-,39+,42-/m0/s1. The van der Waals surface area contributed by atoms with Gasteiger partial charge in [-0.1, -0.05) is 48.2 Å². The van der Waals surface area contributed by atoms with Crippen molar-refractivity contribution >= 4 is 17.7 Å². The second kappa shape index (κ2) is 14.0. The molecule has 51 heavy (non-hydrogen) atoms. The second-order valence-electron chi connectivity index (χ2n) is 14.6. The molecule has 7 rings (SSSR count). The maximum atomic E-state index is 14.4. The van der Waals surface area contributed by atoms with Crippen molar-refractivity contribution in [3.8, 4) is 29.1 Å². The predicted molar refractivity (Wildman–Crippen MR) is 187 cm³/mol. The molecule has 0 saturated heterocycles. The number of benzene rings is 3. The Morgan fingerprint density at radius 3 is 2.53 bits per heavy atom. The number of carbonyl (C=O) groups is 3. The molecule has 4 N–H and O–H groups in total.